The number of imide groups is 2. The van der Waals surface area contributed by atoms with Gasteiger partial charge in [-0.2, -0.15) is 0 Å². The zero-order valence-corrected chi connectivity index (χ0v) is 21.8. The second-order valence-corrected chi connectivity index (χ2v) is 10.0. The van der Waals surface area contributed by atoms with Crippen LogP contribution in [0.5, 0.6) is 0 Å². The quantitative estimate of drug-likeness (QED) is 0.328. The van der Waals surface area contributed by atoms with Gasteiger partial charge in [0.2, 0.25) is 17.7 Å². The van der Waals surface area contributed by atoms with Crippen molar-refractivity contribution in [2.24, 2.45) is 0 Å². The van der Waals surface area contributed by atoms with Crippen LogP contribution in [-0.4, -0.2) is 66.3 Å². The summed E-state index contributed by atoms with van der Waals surface area (Å²) in [7, 11) is 0. The summed E-state index contributed by atoms with van der Waals surface area (Å²) in [5.74, 6) is 0.00163. The van der Waals surface area contributed by atoms with Crippen LogP contribution < -0.4 is 10.6 Å². The van der Waals surface area contributed by atoms with Gasteiger partial charge in [-0.15, -0.1) is 0 Å². The molecule has 0 aromatic carbocycles. The van der Waals surface area contributed by atoms with E-state index in [1.54, 1.807) is 0 Å². The summed E-state index contributed by atoms with van der Waals surface area (Å²) in [6.07, 6.45) is 16.9. The number of carbonyl (C=O) groups excluding carboxylic acids is 4. The van der Waals surface area contributed by atoms with Crippen molar-refractivity contribution in [1.82, 2.24) is 20.4 Å². The zero-order valence-electron chi connectivity index (χ0n) is 21.8. The first-order valence-corrected chi connectivity index (χ1v) is 14.2. The Labute approximate surface area is 211 Å². The Balaban J connectivity index is 1.33. The molecule has 2 rings (SSSR count). The maximum absolute atomic E-state index is 12.3. The van der Waals surface area contributed by atoms with Gasteiger partial charge in [0, 0.05) is 38.9 Å². The van der Waals surface area contributed by atoms with Crippen LogP contribution in [0.15, 0.2) is 0 Å². The SMILES string of the molecule is O=C(CCCCCCCNCCCCCCNC(=O)N1CCCCCC1=O)N1CCCCCC1=O. The predicted molar refractivity (Wildman–Crippen MR) is 138 cm³/mol. The van der Waals surface area contributed by atoms with Gasteiger partial charge in [-0.1, -0.05) is 44.9 Å². The topological polar surface area (TPSA) is 98.8 Å². The summed E-state index contributed by atoms with van der Waals surface area (Å²) in [5, 5.41) is 6.39. The molecule has 0 bridgehead atoms. The molecule has 2 saturated heterocycles. The van der Waals surface area contributed by atoms with E-state index < -0.39 is 0 Å². The van der Waals surface area contributed by atoms with Crippen LogP contribution in [0.3, 0.4) is 0 Å². The summed E-state index contributed by atoms with van der Waals surface area (Å²) >= 11 is 0. The monoisotopic (exact) mass is 492 g/mol. The molecule has 2 heterocycles. The van der Waals surface area contributed by atoms with Gasteiger partial charge in [0.25, 0.3) is 0 Å². The minimum Gasteiger partial charge on any atom is -0.338 e. The largest absolute Gasteiger partial charge is 0.338 e. The molecule has 2 aliphatic rings. The lowest BCUT2D eigenvalue weighted by molar-refractivity contribution is -0.144. The molecule has 2 fully saturated rings. The molecule has 200 valence electrons. The van der Waals surface area contributed by atoms with Crippen molar-refractivity contribution >= 4 is 23.8 Å². The van der Waals surface area contributed by atoms with E-state index in [2.05, 4.69) is 10.6 Å². The molecule has 2 N–H and O–H groups in total. The van der Waals surface area contributed by atoms with Gasteiger partial charge in [-0.3, -0.25) is 24.2 Å². The van der Waals surface area contributed by atoms with Crippen LogP contribution >= 0.6 is 0 Å². The predicted octanol–water partition coefficient (Wildman–Crippen LogP) is 4.52. The second kappa shape index (κ2) is 18.3. The summed E-state index contributed by atoms with van der Waals surface area (Å²) < 4.78 is 0. The fourth-order valence-electron chi connectivity index (χ4n) is 4.78. The molecule has 8 heteroatoms. The second-order valence-electron chi connectivity index (χ2n) is 10.0. The van der Waals surface area contributed by atoms with E-state index in [0.717, 1.165) is 103 Å². The molecule has 0 radical (unpaired) electrons. The number of urea groups is 1. The molecule has 0 unspecified atom stereocenters. The maximum Gasteiger partial charge on any atom is 0.324 e. The number of unbranched alkanes of at least 4 members (excludes halogenated alkanes) is 7. The van der Waals surface area contributed by atoms with Crippen molar-refractivity contribution in [3.63, 3.8) is 0 Å². The Morgan fingerprint density at radius 2 is 1.11 bits per heavy atom. The Kier molecular flexibility index (Phi) is 15.3. The molecule has 2 aliphatic heterocycles. The number of nitrogens with zero attached hydrogens (tertiary/aromatic N) is 2. The van der Waals surface area contributed by atoms with Crippen molar-refractivity contribution in [3.8, 4) is 0 Å². The minimum absolute atomic E-state index is 0.0197. The number of hydrogen-bond donors (Lipinski definition) is 2. The van der Waals surface area contributed by atoms with Crippen molar-refractivity contribution in [2.75, 3.05) is 32.7 Å². The molecular formula is C27H48N4O4. The standard InChI is InChI=1S/C27H48N4O4/c32-24(30-22-14-6-9-17-25(30)33)16-8-2-1-3-11-19-28-20-12-4-5-13-21-29-27(35)31-23-15-7-10-18-26(31)34/h28H,1-23H2,(H,29,35). The molecular weight excluding hydrogens is 444 g/mol. The molecule has 8 nitrogen and oxygen atoms in total. The molecule has 0 aromatic heterocycles. The number of amides is 5. The van der Waals surface area contributed by atoms with E-state index in [1.807, 2.05) is 0 Å². The highest BCUT2D eigenvalue weighted by molar-refractivity contribution is 5.95. The number of hydrogen-bond acceptors (Lipinski definition) is 5. The molecule has 35 heavy (non-hydrogen) atoms. The zero-order chi connectivity index (χ0) is 25.1. The highest BCUT2D eigenvalue weighted by Crippen LogP contribution is 2.14. The van der Waals surface area contributed by atoms with Crippen LogP contribution in [-0.2, 0) is 14.4 Å². The third-order valence-corrected chi connectivity index (χ3v) is 6.99. The van der Waals surface area contributed by atoms with Crippen molar-refractivity contribution in [3.05, 3.63) is 0 Å². The third kappa shape index (κ3) is 12.5. The van der Waals surface area contributed by atoms with Gasteiger partial charge in [0.05, 0.1) is 0 Å². The Hall–Kier alpha value is -1.96. The number of carbonyl (C=O) groups is 4. The summed E-state index contributed by atoms with van der Waals surface area (Å²) in [5.41, 5.74) is 0. The lowest BCUT2D eigenvalue weighted by atomic mass is 10.1. The van der Waals surface area contributed by atoms with Crippen LogP contribution in [0.2, 0.25) is 0 Å². The van der Waals surface area contributed by atoms with Crippen molar-refractivity contribution in [1.29, 1.82) is 0 Å². The first kappa shape index (κ1) is 29.3. The van der Waals surface area contributed by atoms with Crippen LogP contribution in [0.4, 0.5) is 4.79 Å². The molecule has 0 aromatic rings. The Morgan fingerprint density at radius 3 is 1.77 bits per heavy atom. The summed E-state index contributed by atoms with van der Waals surface area (Å²) in [6, 6.07) is -0.224. The first-order valence-electron chi connectivity index (χ1n) is 14.2. The maximum atomic E-state index is 12.3. The highest BCUT2D eigenvalue weighted by Gasteiger charge is 2.23. The molecule has 0 spiro atoms. The number of likely N-dealkylation sites (tertiary alicyclic amines) is 2. The Morgan fingerprint density at radius 1 is 0.600 bits per heavy atom. The summed E-state index contributed by atoms with van der Waals surface area (Å²) in [6.45, 7) is 3.85. The lowest BCUT2D eigenvalue weighted by Gasteiger charge is -2.19. The van der Waals surface area contributed by atoms with E-state index >= 15 is 0 Å². The van der Waals surface area contributed by atoms with E-state index in [1.165, 1.54) is 16.2 Å². The molecule has 0 atom stereocenters. The van der Waals surface area contributed by atoms with Gasteiger partial charge in [-0.05, 0) is 64.5 Å². The highest BCUT2D eigenvalue weighted by atomic mass is 16.2. The average Bonchev–Trinajstić information content (AvgIpc) is 3.20. The normalized spacial score (nSPS) is 17.3. The fourth-order valence-corrected chi connectivity index (χ4v) is 4.78. The Bertz CT molecular complexity index is 601. The van der Waals surface area contributed by atoms with E-state index in [-0.39, 0.29) is 23.8 Å². The van der Waals surface area contributed by atoms with Gasteiger partial charge >= 0.3 is 6.03 Å². The van der Waals surface area contributed by atoms with Crippen LogP contribution in [0, 0.1) is 0 Å². The molecule has 5 amide bonds. The average molecular weight is 493 g/mol. The van der Waals surface area contributed by atoms with Gasteiger partial charge in [-0.25, -0.2) is 4.79 Å². The van der Waals surface area contributed by atoms with E-state index in [9.17, 15) is 19.2 Å². The van der Waals surface area contributed by atoms with E-state index in [4.69, 9.17) is 0 Å². The van der Waals surface area contributed by atoms with Crippen LogP contribution in [0.1, 0.15) is 116 Å². The molecule has 0 aliphatic carbocycles. The number of rotatable bonds is 15. The summed E-state index contributed by atoms with van der Waals surface area (Å²) in [4.78, 5) is 51.2. The van der Waals surface area contributed by atoms with Gasteiger partial charge in [0.1, 0.15) is 0 Å². The smallest absolute Gasteiger partial charge is 0.324 e. The van der Waals surface area contributed by atoms with Crippen LogP contribution in [0.25, 0.3) is 0 Å². The fraction of sp³-hybridized carbons (Fsp3) is 0.852. The third-order valence-electron chi connectivity index (χ3n) is 6.99. The minimum atomic E-state index is -0.224. The first-order chi connectivity index (χ1) is 17.1. The van der Waals surface area contributed by atoms with Crippen molar-refractivity contribution in [2.45, 2.75) is 116 Å². The number of nitrogens with one attached hydrogen (secondary N) is 2. The van der Waals surface area contributed by atoms with Crippen molar-refractivity contribution < 1.29 is 19.2 Å². The van der Waals surface area contributed by atoms with Gasteiger partial charge < -0.3 is 10.6 Å². The van der Waals surface area contributed by atoms with E-state index in [0.29, 0.717) is 38.9 Å². The molecule has 0 saturated carbocycles. The lowest BCUT2D eigenvalue weighted by Crippen LogP contribution is -2.43. The van der Waals surface area contributed by atoms with Gasteiger partial charge in [0.15, 0.2) is 0 Å².